The first-order valence-electron chi connectivity index (χ1n) is 7.20. The first-order chi connectivity index (χ1) is 9.84. The van der Waals surface area contributed by atoms with Gasteiger partial charge in [0.05, 0.1) is 0 Å². The van der Waals surface area contributed by atoms with E-state index in [2.05, 4.69) is 15.6 Å². The summed E-state index contributed by atoms with van der Waals surface area (Å²) in [5, 5.41) is 8.36. The molecule has 104 valence electrons. The molecule has 0 bridgehead atoms. The van der Waals surface area contributed by atoms with Crippen LogP contribution >= 0.6 is 0 Å². The van der Waals surface area contributed by atoms with Gasteiger partial charge in [0.25, 0.3) is 5.91 Å². The minimum absolute atomic E-state index is 0.0835. The standard InChI is InChI=1S/C16H19N3O/c20-16(19-11-8-13-5-3-9-17-13)15-14-6-2-1-4-12(14)7-10-18-15/h1-2,4,6-7,10,13,17H,3,5,8-9,11H2,(H,19,20). The Bertz CT molecular complexity index is 600. The van der Waals surface area contributed by atoms with Crippen molar-refractivity contribution in [3.05, 3.63) is 42.2 Å². The molecule has 0 saturated carbocycles. The Hall–Kier alpha value is -1.94. The molecule has 4 heteroatoms. The second-order valence-corrected chi connectivity index (χ2v) is 5.22. The smallest absolute Gasteiger partial charge is 0.270 e. The molecule has 0 spiro atoms. The summed E-state index contributed by atoms with van der Waals surface area (Å²) in [7, 11) is 0. The maximum absolute atomic E-state index is 12.2. The molecule has 1 fully saturated rings. The largest absolute Gasteiger partial charge is 0.351 e. The average molecular weight is 269 g/mol. The minimum Gasteiger partial charge on any atom is -0.351 e. The van der Waals surface area contributed by atoms with Crippen molar-refractivity contribution >= 4 is 16.7 Å². The second-order valence-electron chi connectivity index (χ2n) is 5.22. The molecule has 1 amide bonds. The summed E-state index contributed by atoms with van der Waals surface area (Å²) in [4.78, 5) is 16.5. The molecule has 3 rings (SSSR count). The predicted octanol–water partition coefficient (Wildman–Crippen LogP) is 2.11. The summed E-state index contributed by atoms with van der Waals surface area (Å²) >= 11 is 0. The molecule has 2 aromatic rings. The Morgan fingerprint density at radius 2 is 2.25 bits per heavy atom. The molecular weight excluding hydrogens is 250 g/mol. The van der Waals surface area contributed by atoms with Crippen molar-refractivity contribution in [2.24, 2.45) is 0 Å². The van der Waals surface area contributed by atoms with Crippen molar-refractivity contribution < 1.29 is 4.79 Å². The van der Waals surface area contributed by atoms with E-state index in [-0.39, 0.29) is 5.91 Å². The van der Waals surface area contributed by atoms with Crippen LogP contribution in [-0.2, 0) is 0 Å². The number of carbonyl (C=O) groups excluding carboxylic acids is 1. The number of aromatic nitrogens is 1. The van der Waals surface area contributed by atoms with Gasteiger partial charge in [-0.05, 0) is 37.3 Å². The van der Waals surface area contributed by atoms with Crippen molar-refractivity contribution in [1.29, 1.82) is 0 Å². The molecule has 0 radical (unpaired) electrons. The number of benzene rings is 1. The Morgan fingerprint density at radius 1 is 1.35 bits per heavy atom. The van der Waals surface area contributed by atoms with Crippen LogP contribution in [0.3, 0.4) is 0 Å². The van der Waals surface area contributed by atoms with Crippen LogP contribution in [0.4, 0.5) is 0 Å². The third-order valence-corrected chi connectivity index (χ3v) is 3.83. The molecule has 1 aliphatic rings. The lowest BCUT2D eigenvalue weighted by Gasteiger charge is -2.11. The molecule has 2 N–H and O–H groups in total. The van der Waals surface area contributed by atoms with Crippen LogP contribution in [0.1, 0.15) is 29.8 Å². The van der Waals surface area contributed by atoms with Crippen LogP contribution in [0.5, 0.6) is 0 Å². The van der Waals surface area contributed by atoms with E-state index >= 15 is 0 Å². The van der Waals surface area contributed by atoms with E-state index in [1.54, 1.807) is 6.20 Å². The number of carbonyl (C=O) groups is 1. The van der Waals surface area contributed by atoms with E-state index in [9.17, 15) is 4.79 Å². The molecule has 1 aliphatic heterocycles. The van der Waals surface area contributed by atoms with Crippen molar-refractivity contribution in [1.82, 2.24) is 15.6 Å². The zero-order valence-electron chi connectivity index (χ0n) is 11.4. The lowest BCUT2D eigenvalue weighted by Crippen LogP contribution is -2.31. The van der Waals surface area contributed by atoms with Gasteiger partial charge in [-0.1, -0.05) is 24.3 Å². The predicted molar refractivity (Wildman–Crippen MR) is 79.7 cm³/mol. The quantitative estimate of drug-likeness (QED) is 0.893. The maximum Gasteiger partial charge on any atom is 0.270 e. The van der Waals surface area contributed by atoms with E-state index in [4.69, 9.17) is 0 Å². The van der Waals surface area contributed by atoms with Gasteiger partial charge in [0.2, 0.25) is 0 Å². The van der Waals surface area contributed by atoms with Gasteiger partial charge in [0, 0.05) is 24.2 Å². The third-order valence-electron chi connectivity index (χ3n) is 3.83. The van der Waals surface area contributed by atoms with Gasteiger partial charge in [0.1, 0.15) is 5.69 Å². The molecule has 1 saturated heterocycles. The SMILES string of the molecule is O=C(NCCC1CCCN1)c1nccc2ccccc12. The zero-order valence-corrected chi connectivity index (χ0v) is 11.4. The van der Waals surface area contributed by atoms with Crippen molar-refractivity contribution in [2.45, 2.75) is 25.3 Å². The Labute approximate surface area is 118 Å². The lowest BCUT2D eigenvalue weighted by molar-refractivity contribution is 0.0949. The molecule has 1 atom stereocenters. The monoisotopic (exact) mass is 269 g/mol. The van der Waals surface area contributed by atoms with E-state index in [1.165, 1.54) is 12.8 Å². The number of hydrogen-bond acceptors (Lipinski definition) is 3. The first-order valence-corrected chi connectivity index (χ1v) is 7.20. The molecule has 1 aromatic carbocycles. The fourth-order valence-electron chi connectivity index (χ4n) is 2.75. The second kappa shape index (κ2) is 6.01. The van der Waals surface area contributed by atoms with Gasteiger partial charge in [0.15, 0.2) is 0 Å². The van der Waals surface area contributed by atoms with E-state index in [1.807, 2.05) is 30.3 Å². The summed E-state index contributed by atoms with van der Waals surface area (Å²) in [6.07, 6.45) is 5.12. The average Bonchev–Trinajstić information content (AvgIpc) is 3.00. The van der Waals surface area contributed by atoms with Crippen LogP contribution < -0.4 is 10.6 Å². The molecule has 1 aromatic heterocycles. The van der Waals surface area contributed by atoms with Crippen LogP contribution in [0, 0.1) is 0 Å². The highest BCUT2D eigenvalue weighted by Gasteiger charge is 2.15. The number of hydrogen-bond donors (Lipinski definition) is 2. The highest BCUT2D eigenvalue weighted by atomic mass is 16.1. The van der Waals surface area contributed by atoms with Crippen LogP contribution in [0.2, 0.25) is 0 Å². The Balaban J connectivity index is 1.66. The van der Waals surface area contributed by atoms with Gasteiger partial charge in [-0.3, -0.25) is 9.78 Å². The zero-order chi connectivity index (χ0) is 13.8. The highest BCUT2D eigenvalue weighted by molar-refractivity contribution is 6.05. The molecule has 4 nitrogen and oxygen atoms in total. The summed E-state index contributed by atoms with van der Waals surface area (Å²) in [5.41, 5.74) is 0.516. The van der Waals surface area contributed by atoms with Crippen LogP contribution in [0.15, 0.2) is 36.5 Å². The van der Waals surface area contributed by atoms with Gasteiger partial charge in [-0.15, -0.1) is 0 Å². The van der Waals surface area contributed by atoms with Crippen molar-refractivity contribution in [3.63, 3.8) is 0 Å². The highest BCUT2D eigenvalue weighted by Crippen LogP contribution is 2.16. The summed E-state index contributed by atoms with van der Waals surface area (Å²) in [6, 6.07) is 10.3. The molecule has 1 unspecified atom stereocenters. The van der Waals surface area contributed by atoms with Crippen molar-refractivity contribution in [3.8, 4) is 0 Å². The lowest BCUT2D eigenvalue weighted by atomic mass is 10.1. The molecule has 0 aliphatic carbocycles. The fourth-order valence-corrected chi connectivity index (χ4v) is 2.75. The maximum atomic E-state index is 12.2. The third kappa shape index (κ3) is 2.80. The summed E-state index contributed by atoms with van der Waals surface area (Å²) < 4.78 is 0. The summed E-state index contributed by atoms with van der Waals surface area (Å²) in [6.45, 7) is 1.80. The minimum atomic E-state index is -0.0835. The van der Waals surface area contributed by atoms with E-state index in [0.717, 1.165) is 23.7 Å². The molecule has 20 heavy (non-hydrogen) atoms. The molecule has 2 heterocycles. The van der Waals surface area contributed by atoms with Crippen LogP contribution in [0.25, 0.3) is 10.8 Å². The normalized spacial score (nSPS) is 18.3. The first kappa shape index (κ1) is 13.1. The number of nitrogens with one attached hydrogen (secondary N) is 2. The number of rotatable bonds is 4. The topological polar surface area (TPSA) is 54.0 Å². The number of pyridine rings is 1. The van der Waals surface area contributed by atoms with Gasteiger partial charge in [-0.25, -0.2) is 0 Å². The number of amides is 1. The number of nitrogens with zero attached hydrogens (tertiary/aromatic N) is 1. The van der Waals surface area contributed by atoms with Gasteiger partial charge >= 0.3 is 0 Å². The Morgan fingerprint density at radius 3 is 3.10 bits per heavy atom. The van der Waals surface area contributed by atoms with E-state index in [0.29, 0.717) is 18.3 Å². The summed E-state index contributed by atoms with van der Waals surface area (Å²) in [5.74, 6) is -0.0835. The van der Waals surface area contributed by atoms with Gasteiger partial charge in [-0.2, -0.15) is 0 Å². The molecular formula is C16H19N3O. The van der Waals surface area contributed by atoms with Gasteiger partial charge < -0.3 is 10.6 Å². The number of fused-ring (bicyclic) bond motifs is 1. The van der Waals surface area contributed by atoms with Crippen LogP contribution in [-0.4, -0.2) is 30.0 Å². The Kier molecular flexibility index (Phi) is 3.92. The fraction of sp³-hybridized carbons (Fsp3) is 0.375. The van der Waals surface area contributed by atoms with E-state index < -0.39 is 0 Å². The van der Waals surface area contributed by atoms with Crippen molar-refractivity contribution in [2.75, 3.05) is 13.1 Å².